The van der Waals surface area contributed by atoms with Gasteiger partial charge in [0.1, 0.15) is 11.4 Å². The molecule has 5 heteroatoms. The molecule has 1 heterocycles. The summed E-state index contributed by atoms with van der Waals surface area (Å²) in [5.41, 5.74) is -1.26. The standard InChI is InChI=1S/C15H18ClFO3/c1-4-8-15(13(18)19-5-2)14(3,20-15)11-7-6-10(17)9-12(11)16/h6-7,9H,4-5,8H2,1-3H3. The summed E-state index contributed by atoms with van der Waals surface area (Å²) in [5.74, 6) is -0.801. The zero-order chi connectivity index (χ0) is 15.0. The molecule has 0 bridgehead atoms. The molecule has 3 nitrogen and oxygen atoms in total. The summed E-state index contributed by atoms with van der Waals surface area (Å²) in [6.07, 6.45) is 1.31. The summed E-state index contributed by atoms with van der Waals surface area (Å²) in [6, 6.07) is 4.11. The van der Waals surface area contributed by atoms with E-state index in [0.717, 1.165) is 6.42 Å². The van der Waals surface area contributed by atoms with Crippen LogP contribution in [0.4, 0.5) is 4.39 Å². The fourth-order valence-electron chi connectivity index (χ4n) is 2.70. The topological polar surface area (TPSA) is 38.8 Å². The minimum absolute atomic E-state index is 0.259. The summed E-state index contributed by atoms with van der Waals surface area (Å²) in [4.78, 5) is 12.2. The minimum Gasteiger partial charge on any atom is -0.464 e. The van der Waals surface area contributed by atoms with Gasteiger partial charge in [0.25, 0.3) is 0 Å². The third-order valence-corrected chi connectivity index (χ3v) is 4.07. The van der Waals surface area contributed by atoms with Crippen LogP contribution in [-0.4, -0.2) is 18.2 Å². The maximum absolute atomic E-state index is 13.2. The molecular formula is C15H18ClFO3. The Bertz CT molecular complexity index is 534. The molecule has 0 radical (unpaired) electrons. The molecule has 0 aromatic heterocycles. The minimum atomic E-state index is -1.01. The Hall–Kier alpha value is -1.13. The highest BCUT2D eigenvalue weighted by Crippen LogP contribution is 2.60. The normalized spacial score (nSPS) is 28.2. The molecule has 1 aliphatic heterocycles. The highest BCUT2D eigenvalue weighted by Gasteiger charge is 2.73. The van der Waals surface area contributed by atoms with Crippen molar-refractivity contribution in [2.75, 3.05) is 6.61 Å². The van der Waals surface area contributed by atoms with Gasteiger partial charge >= 0.3 is 5.97 Å². The molecule has 0 amide bonds. The van der Waals surface area contributed by atoms with Gasteiger partial charge in [-0.15, -0.1) is 0 Å². The van der Waals surface area contributed by atoms with Crippen LogP contribution in [0.25, 0.3) is 0 Å². The van der Waals surface area contributed by atoms with E-state index in [0.29, 0.717) is 18.6 Å². The van der Waals surface area contributed by atoms with Gasteiger partial charge in [-0.05, 0) is 32.4 Å². The highest BCUT2D eigenvalue weighted by atomic mass is 35.5. The van der Waals surface area contributed by atoms with Crippen molar-refractivity contribution < 1.29 is 18.7 Å². The largest absolute Gasteiger partial charge is 0.464 e. The molecule has 0 spiro atoms. The van der Waals surface area contributed by atoms with Gasteiger partial charge in [-0.2, -0.15) is 0 Å². The third kappa shape index (κ3) is 2.21. The van der Waals surface area contributed by atoms with E-state index in [9.17, 15) is 9.18 Å². The second-order valence-corrected chi connectivity index (χ2v) is 5.46. The number of epoxide rings is 1. The van der Waals surface area contributed by atoms with Crippen molar-refractivity contribution in [3.8, 4) is 0 Å². The Labute approximate surface area is 123 Å². The summed E-state index contributed by atoms with van der Waals surface area (Å²) < 4.78 is 24.1. The molecule has 0 N–H and O–H groups in total. The average Bonchev–Trinajstić information content (AvgIpc) is 2.97. The van der Waals surface area contributed by atoms with Gasteiger partial charge in [-0.1, -0.05) is 31.0 Å². The number of hydrogen-bond acceptors (Lipinski definition) is 3. The predicted octanol–water partition coefficient (Wildman–Crippen LogP) is 3.83. The lowest BCUT2D eigenvalue weighted by atomic mass is 9.84. The average molecular weight is 301 g/mol. The lowest BCUT2D eigenvalue weighted by Crippen LogP contribution is -2.33. The monoisotopic (exact) mass is 300 g/mol. The first kappa shape index (κ1) is 15.3. The lowest BCUT2D eigenvalue weighted by molar-refractivity contribution is -0.149. The van der Waals surface area contributed by atoms with E-state index < -0.39 is 17.0 Å². The van der Waals surface area contributed by atoms with Crippen molar-refractivity contribution in [1.29, 1.82) is 0 Å². The van der Waals surface area contributed by atoms with Crippen molar-refractivity contribution in [2.45, 2.75) is 44.8 Å². The first-order valence-corrected chi connectivity index (χ1v) is 7.12. The van der Waals surface area contributed by atoms with Crippen LogP contribution in [0.3, 0.4) is 0 Å². The lowest BCUT2D eigenvalue weighted by Gasteiger charge is -2.16. The van der Waals surface area contributed by atoms with Crippen LogP contribution in [0.5, 0.6) is 0 Å². The van der Waals surface area contributed by atoms with Crippen LogP contribution in [0.2, 0.25) is 5.02 Å². The van der Waals surface area contributed by atoms with E-state index in [-0.39, 0.29) is 11.0 Å². The molecular weight excluding hydrogens is 283 g/mol. The number of rotatable bonds is 5. The zero-order valence-corrected chi connectivity index (χ0v) is 12.6. The van der Waals surface area contributed by atoms with Crippen LogP contribution in [-0.2, 0) is 19.9 Å². The van der Waals surface area contributed by atoms with Crippen LogP contribution in [0.15, 0.2) is 18.2 Å². The third-order valence-electron chi connectivity index (χ3n) is 3.76. The highest BCUT2D eigenvalue weighted by molar-refractivity contribution is 6.31. The van der Waals surface area contributed by atoms with Gasteiger partial charge in [-0.25, -0.2) is 9.18 Å². The first-order valence-electron chi connectivity index (χ1n) is 6.74. The molecule has 2 unspecified atom stereocenters. The fraction of sp³-hybridized carbons (Fsp3) is 0.533. The molecule has 1 aromatic rings. The van der Waals surface area contributed by atoms with Crippen LogP contribution < -0.4 is 0 Å². The number of hydrogen-bond donors (Lipinski definition) is 0. The SMILES string of the molecule is CCCC1(C(=O)OCC)OC1(C)c1ccc(F)cc1Cl. The smallest absolute Gasteiger partial charge is 0.341 e. The van der Waals surface area contributed by atoms with Gasteiger partial charge < -0.3 is 9.47 Å². The molecule has 2 rings (SSSR count). The molecule has 2 atom stereocenters. The molecule has 1 saturated heterocycles. The Morgan fingerprint density at radius 2 is 2.15 bits per heavy atom. The van der Waals surface area contributed by atoms with E-state index >= 15 is 0 Å². The number of esters is 1. The maximum Gasteiger partial charge on any atom is 0.341 e. The summed E-state index contributed by atoms with van der Waals surface area (Å²) in [6.45, 7) is 5.80. The van der Waals surface area contributed by atoms with E-state index in [1.165, 1.54) is 12.1 Å². The van der Waals surface area contributed by atoms with Crippen LogP contribution in [0, 0.1) is 5.82 Å². The quantitative estimate of drug-likeness (QED) is 0.613. The number of carbonyl (C=O) groups is 1. The zero-order valence-electron chi connectivity index (χ0n) is 11.8. The van der Waals surface area contributed by atoms with Gasteiger partial charge in [0.2, 0.25) is 0 Å². The van der Waals surface area contributed by atoms with Crippen molar-refractivity contribution in [2.24, 2.45) is 0 Å². The number of halogens is 2. The van der Waals surface area contributed by atoms with Crippen molar-refractivity contribution in [3.63, 3.8) is 0 Å². The second-order valence-electron chi connectivity index (χ2n) is 5.06. The van der Waals surface area contributed by atoms with E-state index in [1.807, 2.05) is 6.92 Å². The number of benzene rings is 1. The maximum atomic E-state index is 13.2. The Balaban J connectivity index is 2.38. The molecule has 1 aliphatic rings. The summed E-state index contributed by atoms with van der Waals surface area (Å²) >= 11 is 6.09. The fourth-order valence-corrected chi connectivity index (χ4v) is 3.05. The second kappa shape index (κ2) is 5.34. The van der Waals surface area contributed by atoms with Crippen LogP contribution >= 0.6 is 11.6 Å². The molecule has 20 heavy (non-hydrogen) atoms. The molecule has 110 valence electrons. The van der Waals surface area contributed by atoms with Crippen LogP contribution in [0.1, 0.15) is 39.2 Å². The van der Waals surface area contributed by atoms with Crippen molar-refractivity contribution in [3.05, 3.63) is 34.6 Å². The first-order chi connectivity index (χ1) is 9.41. The number of carbonyl (C=O) groups excluding carboxylic acids is 1. The molecule has 0 saturated carbocycles. The van der Waals surface area contributed by atoms with E-state index in [1.54, 1.807) is 19.9 Å². The molecule has 1 aromatic carbocycles. The van der Waals surface area contributed by atoms with E-state index in [4.69, 9.17) is 21.1 Å². The Morgan fingerprint density at radius 1 is 1.45 bits per heavy atom. The van der Waals surface area contributed by atoms with Gasteiger partial charge in [0, 0.05) is 10.6 Å². The van der Waals surface area contributed by atoms with Crippen molar-refractivity contribution >= 4 is 17.6 Å². The van der Waals surface area contributed by atoms with Gasteiger partial charge in [0.15, 0.2) is 5.60 Å². The van der Waals surface area contributed by atoms with Crippen molar-refractivity contribution in [1.82, 2.24) is 0 Å². The van der Waals surface area contributed by atoms with Gasteiger partial charge in [0.05, 0.1) is 6.61 Å². The Kier molecular flexibility index (Phi) is 4.07. The van der Waals surface area contributed by atoms with Gasteiger partial charge in [-0.3, -0.25) is 0 Å². The molecule has 1 fully saturated rings. The predicted molar refractivity (Wildman–Crippen MR) is 74.1 cm³/mol. The number of ether oxygens (including phenoxy) is 2. The van der Waals surface area contributed by atoms with E-state index in [2.05, 4.69) is 0 Å². The molecule has 0 aliphatic carbocycles. The Morgan fingerprint density at radius 3 is 2.70 bits per heavy atom. The summed E-state index contributed by atoms with van der Waals surface area (Å²) in [7, 11) is 0. The summed E-state index contributed by atoms with van der Waals surface area (Å²) in [5, 5.41) is 0.259.